The van der Waals surface area contributed by atoms with Crippen LogP contribution >= 0.6 is 0 Å². The second kappa shape index (κ2) is 8.27. The third-order valence-corrected chi connectivity index (χ3v) is 1.91. The third kappa shape index (κ3) is 11.7. The summed E-state index contributed by atoms with van der Waals surface area (Å²) >= 11 is 0. The summed E-state index contributed by atoms with van der Waals surface area (Å²) < 4.78 is 0. The zero-order valence-electron chi connectivity index (χ0n) is 8.74. The van der Waals surface area contributed by atoms with Crippen molar-refractivity contribution in [2.75, 3.05) is 0 Å². The average molecular weight is 186 g/mol. The second-order valence-electron chi connectivity index (χ2n) is 3.66. The number of hydrogen-bond donors (Lipinski definition) is 2. The number of allylic oxidation sites excluding steroid dienone is 1. The lowest BCUT2D eigenvalue weighted by molar-refractivity contribution is 0.180. The van der Waals surface area contributed by atoms with Gasteiger partial charge in [-0.2, -0.15) is 0 Å². The average Bonchev–Trinajstić information content (AvgIpc) is 2.01. The molecule has 0 aliphatic rings. The molecule has 0 saturated heterocycles. The Morgan fingerprint density at radius 1 is 1.08 bits per heavy atom. The van der Waals surface area contributed by atoms with Crippen LogP contribution in [-0.2, 0) is 0 Å². The van der Waals surface area contributed by atoms with Gasteiger partial charge in [0, 0.05) is 0 Å². The lowest BCUT2D eigenvalue weighted by atomic mass is 10.1. The zero-order chi connectivity index (χ0) is 10.1. The molecule has 0 saturated carbocycles. The molecule has 2 atom stereocenters. The van der Waals surface area contributed by atoms with E-state index in [1.165, 1.54) is 0 Å². The number of aliphatic hydroxyl groups excluding tert-OH is 2. The number of hydrogen-bond acceptors (Lipinski definition) is 2. The van der Waals surface area contributed by atoms with Crippen LogP contribution in [0.5, 0.6) is 0 Å². The van der Waals surface area contributed by atoms with Crippen molar-refractivity contribution >= 4 is 0 Å². The molecule has 0 spiro atoms. The summed E-state index contributed by atoms with van der Waals surface area (Å²) in [7, 11) is 0. The normalized spacial score (nSPS) is 16.3. The first-order chi connectivity index (χ1) is 6.13. The molecule has 2 unspecified atom stereocenters. The zero-order valence-corrected chi connectivity index (χ0v) is 8.74. The van der Waals surface area contributed by atoms with Gasteiger partial charge in [0.15, 0.2) is 0 Å². The van der Waals surface area contributed by atoms with Crippen LogP contribution in [0.15, 0.2) is 12.2 Å². The molecule has 0 aromatic carbocycles. The van der Waals surface area contributed by atoms with Crippen LogP contribution in [0.4, 0.5) is 0 Å². The molecule has 2 nitrogen and oxygen atoms in total. The molecule has 0 amide bonds. The quantitative estimate of drug-likeness (QED) is 0.473. The Morgan fingerprint density at radius 2 is 1.77 bits per heavy atom. The van der Waals surface area contributed by atoms with Crippen molar-refractivity contribution in [3.05, 3.63) is 12.2 Å². The SMILES string of the molecule is CC(O)C=CCCCCCC(C)O. The highest BCUT2D eigenvalue weighted by Gasteiger charge is 1.94. The Hall–Kier alpha value is -0.340. The molecule has 2 N–H and O–H groups in total. The van der Waals surface area contributed by atoms with Crippen molar-refractivity contribution < 1.29 is 10.2 Å². The smallest absolute Gasteiger partial charge is 0.0692 e. The van der Waals surface area contributed by atoms with Crippen molar-refractivity contribution in [2.45, 2.75) is 58.2 Å². The maximum absolute atomic E-state index is 8.98. The highest BCUT2D eigenvalue weighted by atomic mass is 16.3. The Morgan fingerprint density at radius 3 is 2.31 bits per heavy atom. The first-order valence-corrected chi connectivity index (χ1v) is 5.15. The molecule has 0 aliphatic heterocycles. The van der Waals surface area contributed by atoms with Crippen LogP contribution in [0, 0.1) is 0 Å². The van der Waals surface area contributed by atoms with E-state index in [1.54, 1.807) is 6.92 Å². The van der Waals surface area contributed by atoms with Crippen LogP contribution in [0.2, 0.25) is 0 Å². The van der Waals surface area contributed by atoms with E-state index in [9.17, 15) is 0 Å². The molecular formula is C11H22O2. The van der Waals surface area contributed by atoms with Crippen LogP contribution < -0.4 is 0 Å². The first-order valence-electron chi connectivity index (χ1n) is 5.15. The summed E-state index contributed by atoms with van der Waals surface area (Å²) in [5.74, 6) is 0. The lowest BCUT2D eigenvalue weighted by Gasteiger charge is -2.02. The lowest BCUT2D eigenvalue weighted by Crippen LogP contribution is -1.98. The van der Waals surface area contributed by atoms with Crippen molar-refractivity contribution in [1.29, 1.82) is 0 Å². The standard InChI is InChI=1S/C11H22O2/c1-10(12)8-6-4-3-5-7-9-11(2)13/h6,8,10-13H,3-5,7,9H2,1-2H3. The third-order valence-electron chi connectivity index (χ3n) is 1.91. The highest BCUT2D eigenvalue weighted by molar-refractivity contribution is 4.85. The van der Waals surface area contributed by atoms with Gasteiger partial charge < -0.3 is 10.2 Å². The summed E-state index contributed by atoms with van der Waals surface area (Å²) in [4.78, 5) is 0. The molecule has 0 rings (SSSR count). The van der Waals surface area contributed by atoms with E-state index in [4.69, 9.17) is 10.2 Å². The summed E-state index contributed by atoms with van der Waals surface area (Å²) in [5.41, 5.74) is 0. The van der Waals surface area contributed by atoms with Crippen molar-refractivity contribution in [3.8, 4) is 0 Å². The van der Waals surface area contributed by atoms with E-state index < -0.39 is 0 Å². The summed E-state index contributed by atoms with van der Waals surface area (Å²) in [6, 6.07) is 0. The predicted octanol–water partition coefficient (Wildman–Crippen LogP) is 2.25. The fraction of sp³-hybridized carbons (Fsp3) is 0.818. The molecule has 78 valence electrons. The minimum absolute atomic E-state index is 0.159. The van der Waals surface area contributed by atoms with Crippen LogP contribution in [-0.4, -0.2) is 22.4 Å². The molecule has 0 heterocycles. The Kier molecular flexibility index (Phi) is 8.05. The summed E-state index contributed by atoms with van der Waals surface area (Å²) in [6.45, 7) is 3.58. The van der Waals surface area contributed by atoms with Gasteiger partial charge in [-0.1, -0.05) is 25.0 Å². The Balaban J connectivity index is 3.08. The van der Waals surface area contributed by atoms with Gasteiger partial charge in [-0.15, -0.1) is 0 Å². The maximum Gasteiger partial charge on any atom is 0.0692 e. The van der Waals surface area contributed by atoms with Gasteiger partial charge in [0.2, 0.25) is 0 Å². The van der Waals surface area contributed by atoms with Gasteiger partial charge in [0.25, 0.3) is 0 Å². The number of unbranched alkanes of at least 4 members (excludes halogenated alkanes) is 3. The van der Waals surface area contributed by atoms with Crippen LogP contribution in [0.1, 0.15) is 46.0 Å². The molecular weight excluding hydrogens is 164 g/mol. The van der Waals surface area contributed by atoms with E-state index in [0.717, 1.165) is 32.1 Å². The monoisotopic (exact) mass is 186 g/mol. The minimum atomic E-state index is -0.322. The topological polar surface area (TPSA) is 40.5 Å². The molecule has 0 fully saturated rings. The van der Waals surface area contributed by atoms with Crippen molar-refractivity contribution in [3.63, 3.8) is 0 Å². The number of rotatable bonds is 7. The molecule has 0 bridgehead atoms. The predicted molar refractivity (Wildman–Crippen MR) is 55.6 cm³/mol. The van der Waals surface area contributed by atoms with Crippen LogP contribution in [0.25, 0.3) is 0 Å². The maximum atomic E-state index is 8.98. The van der Waals surface area contributed by atoms with Crippen LogP contribution in [0.3, 0.4) is 0 Å². The number of aliphatic hydroxyl groups is 2. The molecule has 2 heteroatoms. The molecule has 13 heavy (non-hydrogen) atoms. The van der Waals surface area contributed by atoms with Gasteiger partial charge in [0.05, 0.1) is 12.2 Å². The molecule has 0 aromatic heterocycles. The van der Waals surface area contributed by atoms with E-state index in [2.05, 4.69) is 0 Å². The molecule has 0 radical (unpaired) electrons. The van der Waals surface area contributed by atoms with E-state index in [0.29, 0.717) is 0 Å². The van der Waals surface area contributed by atoms with Crippen molar-refractivity contribution in [2.24, 2.45) is 0 Å². The summed E-state index contributed by atoms with van der Waals surface area (Å²) in [6.07, 6.45) is 8.70. The van der Waals surface area contributed by atoms with Gasteiger partial charge >= 0.3 is 0 Å². The Labute approximate surface area is 81.3 Å². The van der Waals surface area contributed by atoms with Gasteiger partial charge in [0.1, 0.15) is 0 Å². The van der Waals surface area contributed by atoms with E-state index in [-0.39, 0.29) is 12.2 Å². The highest BCUT2D eigenvalue weighted by Crippen LogP contribution is 2.05. The molecule has 0 aliphatic carbocycles. The molecule has 0 aromatic rings. The fourth-order valence-electron chi connectivity index (χ4n) is 1.17. The van der Waals surface area contributed by atoms with Crippen molar-refractivity contribution in [1.82, 2.24) is 0 Å². The summed E-state index contributed by atoms with van der Waals surface area (Å²) in [5, 5.41) is 17.9. The largest absolute Gasteiger partial charge is 0.393 e. The second-order valence-corrected chi connectivity index (χ2v) is 3.66. The first kappa shape index (κ1) is 12.7. The Bertz CT molecular complexity index is 128. The fourth-order valence-corrected chi connectivity index (χ4v) is 1.17. The minimum Gasteiger partial charge on any atom is -0.393 e. The van der Waals surface area contributed by atoms with Gasteiger partial charge in [-0.05, 0) is 33.1 Å². The van der Waals surface area contributed by atoms with E-state index >= 15 is 0 Å². The van der Waals surface area contributed by atoms with Gasteiger partial charge in [-0.3, -0.25) is 0 Å². The van der Waals surface area contributed by atoms with Gasteiger partial charge in [-0.25, -0.2) is 0 Å². The van der Waals surface area contributed by atoms with E-state index in [1.807, 2.05) is 19.1 Å².